The summed E-state index contributed by atoms with van der Waals surface area (Å²) in [6.07, 6.45) is 0. The number of nitrogens with one attached hydrogen (secondary N) is 1. The van der Waals surface area contributed by atoms with E-state index in [-0.39, 0.29) is 5.82 Å². The summed E-state index contributed by atoms with van der Waals surface area (Å²) in [6.45, 7) is 3.14. The summed E-state index contributed by atoms with van der Waals surface area (Å²) in [5, 5.41) is 0. The largest absolute Gasteiger partial charge is 0.478 e. The molecular formula is C10H13FN2O2. The lowest BCUT2D eigenvalue weighted by Gasteiger charge is -2.24. The zero-order valence-electron chi connectivity index (χ0n) is 8.58. The van der Waals surface area contributed by atoms with Crippen LogP contribution in [0.15, 0.2) is 24.3 Å². The van der Waals surface area contributed by atoms with E-state index >= 15 is 0 Å². The number of hydrogen-bond acceptors (Lipinski definition) is 3. The van der Waals surface area contributed by atoms with Crippen LogP contribution in [-0.2, 0) is 4.79 Å². The van der Waals surface area contributed by atoms with Crippen LogP contribution in [0.4, 0.5) is 4.39 Å². The SMILES string of the molecule is CC(C)(Oc1ccc(F)cc1)C(=O)NN. The maximum atomic E-state index is 12.6. The minimum atomic E-state index is -1.09. The molecule has 0 aliphatic heterocycles. The van der Waals surface area contributed by atoms with Crippen LogP contribution in [-0.4, -0.2) is 11.5 Å². The van der Waals surface area contributed by atoms with Crippen LogP contribution in [0.1, 0.15) is 13.8 Å². The van der Waals surface area contributed by atoms with Gasteiger partial charge in [-0.3, -0.25) is 10.2 Å². The van der Waals surface area contributed by atoms with Crippen molar-refractivity contribution in [2.75, 3.05) is 0 Å². The van der Waals surface area contributed by atoms with Crippen LogP contribution in [0, 0.1) is 5.82 Å². The first-order chi connectivity index (χ1) is 6.95. The molecule has 0 spiro atoms. The second kappa shape index (κ2) is 4.27. The average Bonchev–Trinajstić information content (AvgIpc) is 2.20. The van der Waals surface area contributed by atoms with Crippen molar-refractivity contribution in [3.8, 4) is 5.75 Å². The van der Waals surface area contributed by atoms with Gasteiger partial charge >= 0.3 is 0 Å². The number of hydrazine groups is 1. The van der Waals surface area contributed by atoms with Crippen LogP contribution in [0.2, 0.25) is 0 Å². The number of halogens is 1. The van der Waals surface area contributed by atoms with Crippen molar-refractivity contribution in [1.29, 1.82) is 0 Å². The number of ether oxygens (including phenoxy) is 1. The highest BCUT2D eigenvalue weighted by Crippen LogP contribution is 2.18. The van der Waals surface area contributed by atoms with Gasteiger partial charge in [0.25, 0.3) is 5.91 Å². The summed E-state index contributed by atoms with van der Waals surface area (Å²) in [6, 6.07) is 5.40. The van der Waals surface area contributed by atoms with Gasteiger partial charge < -0.3 is 4.74 Å². The van der Waals surface area contributed by atoms with Crippen LogP contribution in [0.25, 0.3) is 0 Å². The number of amides is 1. The van der Waals surface area contributed by atoms with Gasteiger partial charge in [-0.05, 0) is 38.1 Å². The molecule has 4 nitrogen and oxygen atoms in total. The van der Waals surface area contributed by atoms with Gasteiger partial charge in [0.1, 0.15) is 11.6 Å². The molecule has 3 N–H and O–H groups in total. The Kier molecular flexibility index (Phi) is 3.26. The van der Waals surface area contributed by atoms with Gasteiger partial charge in [0.15, 0.2) is 5.60 Å². The molecule has 1 aromatic carbocycles. The molecule has 0 aromatic heterocycles. The van der Waals surface area contributed by atoms with E-state index in [2.05, 4.69) is 0 Å². The zero-order valence-corrected chi connectivity index (χ0v) is 8.58. The lowest BCUT2D eigenvalue weighted by molar-refractivity contribution is -0.134. The average molecular weight is 212 g/mol. The van der Waals surface area contributed by atoms with Crippen molar-refractivity contribution in [3.63, 3.8) is 0 Å². The van der Waals surface area contributed by atoms with Crippen LogP contribution in [0.3, 0.4) is 0 Å². The highest BCUT2D eigenvalue weighted by Gasteiger charge is 2.29. The van der Waals surface area contributed by atoms with Crippen LogP contribution < -0.4 is 16.0 Å². The number of benzene rings is 1. The standard InChI is InChI=1S/C10H13FN2O2/c1-10(2,9(14)13-12)15-8-5-3-7(11)4-6-8/h3-6H,12H2,1-2H3,(H,13,14). The Hall–Kier alpha value is -1.62. The zero-order chi connectivity index (χ0) is 11.5. The third-order valence-corrected chi connectivity index (χ3v) is 1.86. The maximum Gasteiger partial charge on any atom is 0.277 e. The maximum absolute atomic E-state index is 12.6. The summed E-state index contributed by atoms with van der Waals surface area (Å²) < 4.78 is 17.9. The van der Waals surface area contributed by atoms with Crippen molar-refractivity contribution in [2.45, 2.75) is 19.4 Å². The predicted octanol–water partition coefficient (Wildman–Crippen LogP) is 0.973. The fourth-order valence-corrected chi connectivity index (χ4v) is 1.02. The Bertz CT molecular complexity index is 349. The monoisotopic (exact) mass is 212 g/mol. The Morgan fingerprint density at radius 3 is 2.40 bits per heavy atom. The van der Waals surface area contributed by atoms with E-state index in [1.54, 1.807) is 13.8 Å². The summed E-state index contributed by atoms with van der Waals surface area (Å²) in [4.78, 5) is 11.3. The Morgan fingerprint density at radius 1 is 1.40 bits per heavy atom. The molecular weight excluding hydrogens is 199 g/mol. The van der Waals surface area contributed by atoms with Gasteiger partial charge in [-0.25, -0.2) is 10.2 Å². The van der Waals surface area contributed by atoms with Gasteiger partial charge in [0.05, 0.1) is 0 Å². The second-order valence-corrected chi connectivity index (χ2v) is 3.54. The van der Waals surface area contributed by atoms with E-state index in [9.17, 15) is 9.18 Å². The summed E-state index contributed by atoms with van der Waals surface area (Å²) in [5.74, 6) is 4.59. The summed E-state index contributed by atoms with van der Waals surface area (Å²) >= 11 is 0. The van der Waals surface area contributed by atoms with E-state index < -0.39 is 11.5 Å². The fraction of sp³-hybridized carbons (Fsp3) is 0.300. The van der Waals surface area contributed by atoms with E-state index in [0.717, 1.165) is 0 Å². The first-order valence-electron chi connectivity index (χ1n) is 4.41. The molecule has 0 aliphatic carbocycles. The Labute approximate surface area is 87.2 Å². The normalized spacial score (nSPS) is 10.9. The van der Waals surface area contributed by atoms with Crippen LogP contribution >= 0.6 is 0 Å². The van der Waals surface area contributed by atoms with E-state index in [1.807, 2.05) is 5.43 Å². The molecule has 1 aromatic rings. The number of rotatable bonds is 3. The molecule has 0 fully saturated rings. The molecule has 0 aliphatic rings. The van der Waals surface area contributed by atoms with Crippen molar-refractivity contribution in [2.24, 2.45) is 5.84 Å². The van der Waals surface area contributed by atoms with Gasteiger partial charge in [-0.15, -0.1) is 0 Å². The first-order valence-corrected chi connectivity index (χ1v) is 4.41. The number of nitrogens with two attached hydrogens (primary N) is 1. The molecule has 1 rings (SSSR count). The highest BCUT2D eigenvalue weighted by molar-refractivity contribution is 5.84. The molecule has 0 radical (unpaired) electrons. The topological polar surface area (TPSA) is 64.3 Å². The third kappa shape index (κ3) is 2.92. The highest BCUT2D eigenvalue weighted by atomic mass is 19.1. The molecule has 82 valence electrons. The second-order valence-electron chi connectivity index (χ2n) is 3.54. The quantitative estimate of drug-likeness (QED) is 0.446. The van der Waals surface area contributed by atoms with Gasteiger partial charge in [-0.2, -0.15) is 0 Å². The third-order valence-electron chi connectivity index (χ3n) is 1.86. The Morgan fingerprint density at radius 2 is 1.93 bits per heavy atom. The number of hydrogen-bond donors (Lipinski definition) is 2. The molecule has 0 heterocycles. The minimum absolute atomic E-state index is 0.358. The lowest BCUT2D eigenvalue weighted by atomic mass is 10.1. The molecule has 0 bridgehead atoms. The molecule has 1 amide bonds. The van der Waals surface area contributed by atoms with Gasteiger partial charge in [0, 0.05) is 0 Å². The van der Waals surface area contributed by atoms with Crippen molar-refractivity contribution < 1.29 is 13.9 Å². The van der Waals surface area contributed by atoms with Crippen molar-refractivity contribution in [3.05, 3.63) is 30.1 Å². The molecule has 0 unspecified atom stereocenters. The van der Waals surface area contributed by atoms with Crippen LogP contribution in [0.5, 0.6) is 5.75 Å². The molecule has 15 heavy (non-hydrogen) atoms. The molecule has 0 saturated carbocycles. The number of carbonyl (C=O) groups is 1. The molecule has 5 heteroatoms. The van der Waals surface area contributed by atoms with E-state index in [0.29, 0.717) is 5.75 Å². The summed E-state index contributed by atoms with van der Waals surface area (Å²) in [5.41, 5.74) is 0.908. The molecule has 0 saturated heterocycles. The van der Waals surface area contributed by atoms with Gasteiger partial charge in [-0.1, -0.05) is 0 Å². The van der Waals surface area contributed by atoms with Crippen molar-refractivity contribution in [1.82, 2.24) is 5.43 Å². The van der Waals surface area contributed by atoms with E-state index in [1.165, 1.54) is 24.3 Å². The predicted molar refractivity (Wildman–Crippen MR) is 53.4 cm³/mol. The number of carbonyl (C=O) groups excluding carboxylic acids is 1. The van der Waals surface area contributed by atoms with Gasteiger partial charge in [0.2, 0.25) is 0 Å². The Balaban J connectivity index is 2.77. The smallest absolute Gasteiger partial charge is 0.277 e. The minimum Gasteiger partial charge on any atom is -0.478 e. The lowest BCUT2D eigenvalue weighted by Crippen LogP contribution is -2.49. The first kappa shape index (κ1) is 11.5. The fourth-order valence-electron chi connectivity index (χ4n) is 1.02. The van der Waals surface area contributed by atoms with E-state index in [4.69, 9.17) is 10.6 Å². The summed E-state index contributed by atoms with van der Waals surface area (Å²) in [7, 11) is 0. The van der Waals surface area contributed by atoms with Crippen molar-refractivity contribution >= 4 is 5.91 Å². The molecule has 0 atom stereocenters.